The molecule has 0 bridgehead atoms. The van der Waals surface area contributed by atoms with Gasteiger partial charge in [-0.05, 0) is 50.9 Å². The van der Waals surface area contributed by atoms with Gasteiger partial charge in [0.2, 0.25) is 0 Å². The van der Waals surface area contributed by atoms with E-state index in [2.05, 4.69) is 24.1 Å². The molecule has 1 saturated heterocycles. The predicted octanol–water partition coefficient (Wildman–Crippen LogP) is 2.26. The Labute approximate surface area is 118 Å². The fraction of sp³-hybridized carbons (Fsp3) is 1.00. The van der Waals surface area contributed by atoms with Gasteiger partial charge < -0.3 is 10.1 Å². The summed E-state index contributed by atoms with van der Waals surface area (Å²) < 4.78 is 5.77. The van der Waals surface area contributed by atoms with Gasteiger partial charge in [-0.2, -0.15) is 0 Å². The first-order chi connectivity index (χ1) is 9.28. The van der Waals surface area contributed by atoms with Crippen LogP contribution in [0.25, 0.3) is 0 Å². The van der Waals surface area contributed by atoms with Crippen LogP contribution in [0, 0.1) is 11.8 Å². The normalized spacial score (nSPS) is 33.0. The van der Waals surface area contributed by atoms with Crippen molar-refractivity contribution in [1.29, 1.82) is 0 Å². The van der Waals surface area contributed by atoms with E-state index in [4.69, 9.17) is 4.74 Å². The average Bonchev–Trinajstić information content (AvgIpc) is 3.28. The van der Waals surface area contributed by atoms with Crippen LogP contribution in [0.4, 0.5) is 0 Å². The van der Waals surface area contributed by atoms with Crippen LogP contribution in [0.5, 0.6) is 0 Å². The Hall–Kier alpha value is -0.120. The van der Waals surface area contributed by atoms with Crippen molar-refractivity contribution in [1.82, 2.24) is 10.2 Å². The smallest absolute Gasteiger partial charge is 0.0674 e. The number of rotatable bonds is 7. The molecule has 3 aliphatic rings. The monoisotopic (exact) mass is 266 g/mol. The minimum atomic E-state index is 0.408. The van der Waals surface area contributed by atoms with Gasteiger partial charge in [0.1, 0.15) is 0 Å². The minimum absolute atomic E-state index is 0.408. The summed E-state index contributed by atoms with van der Waals surface area (Å²) in [5.41, 5.74) is 0. The Morgan fingerprint density at radius 2 is 1.89 bits per heavy atom. The van der Waals surface area contributed by atoms with Crippen molar-refractivity contribution >= 4 is 0 Å². The molecule has 0 radical (unpaired) electrons. The molecule has 3 rings (SSSR count). The molecule has 3 fully saturated rings. The summed E-state index contributed by atoms with van der Waals surface area (Å²) >= 11 is 0. The zero-order valence-electron chi connectivity index (χ0n) is 12.6. The molecular weight excluding hydrogens is 236 g/mol. The topological polar surface area (TPSA) is 24.5 Å². The minimum Gasteiger partial charge on any atom is -0.376 e. The fourth-order valence-corrected chi connectivity index (χ4v) is 3.57. The molecule has 2 aliphatic carbocycles. The Morgan fingerprint density at radius 1 is 1.21 bits per heavy atom. The third kappa shape index (κ3) is 3.71. The summed E-state index contributed by atoms with van der Waals surface area (Å²) in [6.07, 6.45) is 7.51. The van der Waals surface area contributed by atoms with Crippen LogP contribution in [-0.2, 0) is 4.74 Å². The fourth-order valence-electron chi connectivity index (χ4n) is 3.57. The molecule has 0 aromatic carbocycles. The molecule has 1 aliphatic heterocycles. The van der Waals surface area contributed by atoms with Crippen molar-refractivity contribution in [3.63, 3.8) is 0 Å². The molecule has 3 nitrogen and oxygen atoms in total. The van der Waals surface area contributed by atoms with Crippen LogP contribution in [0.1, 0.15) is 46.0 Å². The summed E-state index contributed by atoms with van der Waals surface area (Å²) in [6.45, 7) is 8.87. The Bertz CT molecular complexity index is 276. The standard InChI is InChI=1S/C16H30N2O/c1-3-15-11-19-12(2)10-18(15)9-8-17-16(13-4-5-13)14-6-7-14/h12-17H,3-11H2,1-2H3. The molecule has 0 amide bonds. The molecule has 2 atom stereocenters. The third-order valence-corrected chi connectivity index (χ3v) is 5.09. The van der Waals surface area contributed by atoms with E-state index in [1.165, 1.54) is 45.2 Å². The van der Waals surface area contributed by atoms with Gasteiger partial charge in [0, 0.05) is 31.7 Å². The Kier molecular flexibility index (Phi) is 4.45. The number of morpholine rings is 1. The van der Waals surface area contributed by atoms with Crippen LogP contribution in [0.2, 0.25) is 0 Å². The maximum absolute atomic E-state index is 5.77. The van der Waals surface area contributed by atoms with Crippen LogP contribution in [0.15, 0.2) is 0 Å². The molecular formula is C16H30N2O. The van der Waals surface area contributed by atoms with E-state index in [0.29, 0.717) is 12.1 Å². The van der Waals surface area contributed by atoms with Gasteiger partial charge in [-0.1, -0.05) is 6.92 Å². The van der Waals surface area contributed by atoms with Crippen molar-refractivity contribution in [2.24, 2.45) is 11.8 Å². The highest BCUT2D eigenvalue weighted by atomic mass is 16.5. The number of nitrogens with zero attached hydrogens (tertiary/aromatic N) is 1. The molecule has 110 valence electrons. The Morgan fingerprint density at radius 3 is 2.47 bits per heavy atom. The predicted molar refractivity (Wildman–Crippen MR) is 78.3 cm³/mol. The SMILES string of the molecule is CCC1COC(C)CN1CCNC(C1CC1)C1CC1. The quantitative estimate of drug-likeness (QED) is 0.765. The van der Waals surface area contributed by atoms with Gasteiger partial charge in [-0.3, -0.25) is 4.90 Å². The lowest BCUT2D eigenvalue weighted by Crippen LogP contribution is -2.51. The first-order valence-corrected chi connectivity index (χ1v) is 8.37. The van der Waals surface area contributed by atoms with E-state index in [0.717, 1.165) is 31.0 Å². The second-order valence-corrected chi connectivity index (χ2v) is 6.86. The van der Waals surface area contributed by atoms with Crippen LogP contribution < -0.4 is 5.32 Å². The maximum atomic E-state index is 5.77. The Balaban J connectivity index is 1.42. The number of ether oxygens (including phenoxy) is 1. The van der Waals surface area contributed by atoms with Gasteiger partial charge in [-0.15, -0.1) is 0 Å². The highest BCUT2D eigenvalue weighted by Gasteiger charge is 2.41. The van der Waals surface area contributed by atoms with Crippen molar-refractivity contribution in [3.05, 3.63) is 0 Å². The average molecular weight is 266 g/mol. The second-order valence-electron chi connectivity index (χ2n) is 6.86. The molecule has 1 heterocycles. The summed E-state index contributed by atoms with van der Waals surface area (Å²) in [5.74, 6) is 2.02. The molecule has 2 unspecified atom stereocenters. The largest absolute Gasteiger partial charge is 0.376 e. The molecule has 3 heteroatoms. The van der Waals surface area contributed by atoms with E-state index in [1.54, 1.807) is 0 Å². The zero-order valence-corrected chi connectivity index (χ0v) is 12.6. The van der Waals surface area contributed by atoms with Crippen molar-refractivity contribution in [2.75, 3.05) is 26.2 Å². The van der Waals surface area contributed by atoms with Gasteiger partial charge >= 0.3 is 0 Å². The molecule has 0 aromatic rings. The third-order valence-electron chi connectivity index (χ3n) is 5.09. The number of hydrogen-bond acceptors (Lipinski definition) is 3. The van der Waals surface area contributed by atoms with E-state index in [9.17, 15) is 0 Å². The van der Waals surface area contributed by atoms with Crippen molar-refractivity contribution < 1.29 is 4.74 Å². The van der Waals surface area contributed by atoms with Gasteiger partial charge in [0.15, 0.2) is 0 Å². The van der Waals surface area contributed by atoms with Crippen LogP contribution in [0.3, 0.4) is 0 Å². The van der Waals surface area contributed by atoms with Crippen LogP contribution >= 0.6 is 0 Å². The lowest BCUT2D eigenvalue weighted by Gasteiger charge is -2.38. The van der Waals surface area contributed by atoms with E-state index < -0.39 is 0 Å². The summed E-state index contributed by atoms with van der Waals surface area (Å²) in [7, 11) is 0. The second kappa shape index (κ2) is 6.11. The first kappa shape index (κ1) is 13.8. The summed E-state index contributed by atoms with van der Waals surface area (Å²) in [5, 5.41) is 3.87. The first-order valence-electron chi connectivity index (χ1n) is 8.37. The van der Waals surface area contributed by atoms with Crippen molar-refractivity contribution in [2.45, 2.75) is 64.1 Å². The summed E-state index contributed by atoms with van der Waals surface area (Å²) in [4.78, 5) is 2.64. The highest BCUT2D eigenvalue weighted by molar-refractivity contribution is 4.96. The lowest BCUT2D eigenvalue weighted by molar-refractivity contribution is -0.0553. The highest BCUT2D eigenvalue weighted by Crippen LogP contribution is 2.44. The maximum Gasteiger partial charge on any atom is 0.0674 e. The number of hydrogen-bond donors (Lipinski definition) is 1. The molecule has 19 heavy (non-hydrogen) atoms. The van der Waals surface area contributed by atoms with E-state index in [1.807, 2.05) is 0 Å². The van der Waals surface area contributed by atoms with Gasteiger partial charge in [-0.25, -0.2) is 0 Å². The molecule has 2 saturated carbocycles. The lowest BCUT2D eigenvalue weighted by atomic mass is 10.1. The van der Waals surface area contributed by atoms with E-state index >= 15 is 0 Å². The van der Waals surface area contributed by atoms with E-state index in [-0.39, 0.29) is 0 Å². The van der Waals surface area contributed by atoms with Gasteiger partial charge in [0.25, 0.3) is 0 Å². The number of nitrogens with one attached hydrogen (secondary N) is 1. The van der Waals surface area contributed by atoms with Crippen LogP contribution in [-0.4, -0.2) is 49.3 Å². The zero-order chi connectivity index (χ0) is 13.2. The van der Waals surface area contributed by atoms with Crippen molar-refractivity contribution in [3.8, 4) is 0 Å². The van der Waals surface area contributed by atoms with Gasteiger partial charge in [0.05, 0.1) is 12.7 Å². The summed E-state index contributed by atoms with van der Waals surface area (Å²) in [6, 6.07) is 1.48. The molecule has 0 aromatic heterocycles. The molecule has 0 spiro atoms. The molecule has 1 N–H and O–H groups in total.